The molecule has 2 aromatic rings. The van der Waals surface area contributed by atoms with Crippen molar-refractivity contribution in [3.63, 3.8) is 0 Å². The summed E-state index contributed by atoms with van der Waals surface area (Å²) in [6.07, 6.45) is 4.07. The second kappa shape index (κ2) is 4.63. The Bertz CT molecular complexity index is 486. The van der Waals surface area contributed by atoms with Crippen LogP contribution < -0.4 is 0 Å². The van der Waals surface area contributed by atoms with E-state index in [0.29, 0.717) is 0 Å². The molecule has 15 heavy (non-hydrogen) atoms. The SMILES string of the molecule is C=CCCc1ccc(Br)c2ccccc12. The van der Waals surface area contributed by atoms with Crippen LogP contribution in [-0.4, -0.2) is 0 Å². The van der Waals surface area contributed by atoms with E-state index in [9.17, 15) is 0 Å². The molecule has 0 heterocycles. The van der Waals surface area contributed by atoms with Gasteiger partial charge < -0.3 is 0 Å². The first kappa shape index (κ1) is 10.4. The van der Waals surface area contributed by atoms with Gasteiger partial charge in [-0.2, -0.15) is 0 Å². The largest absolute Gasteiger partial charge is 0.103 e. The summed E-state index contributed by atoms with van der Waals surface area (Å²) in [4.78, 5) is 0. The van der Waals surface area contributed by atoms with Crippen LogP contribution in [-0.2, 0) is 6.42 Å². The zero-order chi connectivity index (χ0) is 10.7. The molecule has 1 heteroatoms. The molecule has 76 valence electrons. The molecule has 0 N–H and O–H groups in total. The summed E-state index contributed by atoms with van der Waals surface area (Å²) in [5, 5.41) is 2.63. The fraction of sp³-hybridized carbons (Fsp3) is 0.143. The minimum absolute atomic E-state index is 1.03. The van der Waals surface area contributed by atoms with E-state index in [-0.39, 0.29) is 0 Å². The molecule has 0 aromatic heterocycles. The van der Waals surface area contributed by atoms with Gasteiger partial charge in [0.25, 0.3) is 0 Å². The standard InChI is InChI=1S/C14H13Br/c1-2-3-6-11-9-10-14(15)13-8-5-4-7-12(11)13/h2,4-5,7-10H,1,3,6H2. The third-order valence-electron chi connectivity index (χ3n) is 2.58. The Morgan fingerprint density at radius 3 is 2.53 bits per heavy atom. The maximum atomic E-state index is 3.76. The molecule has 0 atom stereocenters. The Hall–Kier alpha value is -1.08. The lowest BCUT2D eigenvalue weighted by Crippen LogP contribution is -1.86. The molecule has 0 unspecified atom stereocenters. The molecule has 0 saturated carbocycles. The quantitative estimate of drug-likeness (QED) is 0.701. The van der Waals surface area contributed by atoms with Crippen LogP contribution in [0.2, 0.25) is 0 Å². The first-order valence-corrected chi connectivity index (χ1v) is 5.89. The van der Waals surface area contributed by atoms with E-state index in [2.05, 4.69) is 58.9 Å². The normalized spacial score (nSPS) is 10.5. The van der Waals surface area contributed by atoms with Crippen LogP contribution in [0, 0.1) is 0 Å². The van der Waals surface area contributed by atoms with Gasteiger partial charge in [0.1, 0.15) is 0 Å². The summed E-state index contributed by atoms with van der Waals surface area (Å²) in [6, 6.07) is 12.8. The van der Waals surface area contributed by atoms with Crippen LogP contribution in [0.15, 0.2) is 53.5 Å². The number of halogens is 1. The first-order valence-electron chi connectivity index (χ1n) is 5.10. The molecule has 0 fully saturated rings. The molecule has 0 amide bonds. The average molecular weight is 261 g/mol. The predicted octanol–water partition coefficient (Wildman–Crippen LogP) is 4.72. The predicted molar refractivity (Wildman–Crippen MR) is 70.2 cm³/mol. The van der Waals surface area contributed by atoms with Crippen molar-refractivity contribution in [2.75, 3.05) is 0 Å². The van der Waals surface area contributed by atoms with E-state index in [4.69, 9.17) is 0 Å². The number of hydrogen-bond donors (Lipinski definition) is 0. The fourth-order valence-corrected chi connectivity index (χ4v) is 2.28. The van der Waals surface area contributed by atoms with E-state index >= 15 is 0 Å². The second-order valence-electron chi connectivity index (χ2n) is 3.58. The highest BCUT2D eigenvalue weighted by atomic mass is 79.9. The highest BCUT2D eigenvalue weighted by molar-refractivity contribution is 9.10. The molecular weight excluding hydrogens is 248 g/mol. The summed E-state index contributed by atoms with van der Waals surface area (Å²) in [5.41, 5.74) is 1.40. The number of allylic oxidation sites excluding steroid dienone is 1. The zero-order valence-electron chi connectivity index (χ0n) is 8.54. The third-order valence-corrected chi connectivity index (χ3v) is 3.27. The van der Waals surface area contributed by atoms with Gasteiger partial charge in [0.2, 0.25) is 0 Å². The van der Waals surface area contributed by atoms with Gasteiger partial charge in [-0.05, 0) is 35.2 Å². The van der Waals surface area contributed by atoms with Crippen molar-refractivity contribution < 1.29 is 0 Å². The van der Waals surface area contributed by atoms with E-state index < -0.39 is 0 Å². The molecule has 0 bridgehead atoms. The number of aryl methyl sites for hydroxylation is 1. The Morgan fingerprint density at radius 2 is 1.80 bits per heavy atom. The highest BCUT2D eigenvalue weighted by Crippen LogP contribution is 2.27. The van der Waals surface area contributed by atoms with Crippen molar-refractivity contribution in [1.82, 2.24) is 0 Å². The van der Waals surface area contributed by atoms with Crippen molar-refractivity contribution in [3.05, 3.63) is 59.1 Å². The van der Waals surface area contributed by atoms with Crippen molar-refractivity contribution in [3.8, 4) is 0 Å². The Morgan fingerprint density at radius 1 is 1.07 bits per heavy atom. The summed E-state index contributed by atoms with van der Waals surface area (Å²) in [5.74, 6) is 0. The third kappa shape index (κ3) is 2.13. The van der Waals surface area contributed by atoms with Gasteiger partial charge in [0, 0.05) is 4.47 Å². The molecule has 0 aliphatic carbocycles. The highest BCUT2D eigenvalue weighted by Gasteiger charge is 2.02. The van der Waals surface area contributed by atoms with Gasteiger partial charge in [-0.15, -0.1) is 6.58 Å². The number of fused-ring (bicyclic) bond motifs is 1. The fourth-order valence-electron chi connectivity index (χ4n) is 1.80. The maximum Gasteiger partial charge on any atom is 0.0253 e. The van der Waals surface area contributed by atoms with E-state index in [1.54, 1.807) is 0 Å². The van der Waals surface area contributed by atoms with Gasteiger partial charge >= 0.3 is 0 Å². The van der Waals surface area contributed by atoms with Gasteiger partial charge in [-0.1, -0.05) is 52.3 Å². The molecule has 0 spiro atoms. The average Bonchev–Trinajstić information content (AvgIpc) is 2.29. The minimum Gasteiger partial charge on any atom is -0.103 e. The molecular formula is C14H13Br. The topological polar surface area (TPSA) is 0 Å². The Kier molecular flexibility index (Phi) is 3.22. The minimum atomic E-state index is 1.03. The Labute approximate surface area is 98.8 Å². The summed E-state index contributed by atoms with van der Waals surface area (Å²) < 4.78 is 1.17. The van der Waals surface area contributed by atoms with E-state index in [1.807, 2.05) is 6.08 Å². The maximum absolute atomic E-state index is 3.76. The zero-order valence-corrected chi connectivity index (χ0v) is 10.1. The smallest absolute Gasteiger partial charge is 0.0253 e. The molecule has 0 nitrogen and oxygen atoms in total. The summed E-state index contributed by atoms with van der Waals surface area (Å²) >= 11 is 3.58. The van der Waals surface area contributed by atoms with Gasteiger partial charge in [0.15, 0.2) is 0 Å². The van der Waals surface area contributed by atoms with Gasteiger partial charge in [-0.25, -0.2) is 0 Å². The van der Waals surface area contributed by atoms with E-state index in [0.717, 1.165) is 12.8 Å². The van der Waals surface area contributed by atoms with Crippen molar-refractivity contribution >= 4 is 26.7 Å². The number of benzene rings is 2. The first-order chi connectivity index (χ1) is 7.33. The van der Waals surface area contributed by atoms with Crippen molar-refractivity contribution in [1.29, 1.82) is 0 Å². The molecule has 0 aliphatic heterocycles. The molecule has 2 rings (SSSR count). The monoisotopic (exact) mass is 260 g/mol. The van der Waals surface area contributed by atoms with Crippen LogP contribution in [0.25, 0.3) is 10.8 Å². The molecule has 2 aromatic carbocycles. The lowest BCUT2D eigenvalue weighted by Gasteiger charge is -2.06. The lowest BCUT2D eigenvalue weighted by atomic mass is 10.0. The van der Waals surface area contributed by atoms with Gasteiger partial charge in [-0.3, -0.25) is 0 Å². The lowest BCUT2D eigenvalue weighted by molar-refractivity contribution is 1.02. The van der Waals surface area contributed by atoms with Crippen molar-refractivity contribution in [2.45, 2.75) is 12.8 Å². The summed E-state index contributed by atoms with van der Waals surface area (Å²) in [6.45, 7) is 3.76. The van der Waals surface area contributed by atoms with Crippen LogP contribution in [0.5, 0.6) is 0 Å². The van der Waals surface area contributed by atoms with Gasteiger partial charge in [0.05, 0.1) is 0 Å². The summed E-state index contributed by atoms with van der Waals surface area (Å²) in [7, 11) is 0. The molecule has 0 aliphatic rings. The number of hydrogen-bond acceptors (Lipinski definition) is 0. The second-order valence-corrected chi connectivity index (χ2v) is 4.43. The Balaban J connectivity index is 2.56. The van der Waals surface area contributed by atoms with E-state index in [1.165, 1.54) is 20.8 Å². The van der Waals surface area contributed by atoms with Crippen LogP contribution in [0.4, 0.5) is 0 Å². The van der Waals surface area contributed by atoms with Crippen LogP contribution in [0.1, 0.15) is 12.0 Å². The van der Waals surface area contributed by atoms with Crippen LogP contribution in [0.3, 0.4) is 0 Å². The van der Waals surface area contributed by atoms with Crippen LogP contribution >= 0.6 is 15.9 Å². The van der Waals surface area contributed by atoms with Crippen molar-refractivity contribution in [2.24, 2.45) is 0 Å². The number of rotatable bonds is 3. The molecule has 0 saturated heterocycles. The molecule has 0 radical (unpaired) electrons.